The highest BCUT2D eigenvalue weighted by Crippen LogP contribution is 2.30. The molecule has 1 amide bonds. The maximum atomic E-state index is 13.7. The van der Waals surface area contributed by atoms with E-state index in [9.17, 15) is 9.18 Å². The Morgan fingerprint density at radius 1 is 1.11 bits per heavy atom. The third kappa shape index (κ3) is 4.08. The minimum Gasteiger partial charge on any atom is -0.483 e. The number of fused-ring (bicyclic) bond motifs is 1. The number of hydrogen-bond donors (Lipinski definition) is 1. The number of halogens is 1. The molecule has 138 valence electrons. The second kappa shape index (κ2) is 7.74. The zero-order chi connectivity index (χ0) is 18.6. The molecule has 27 heavy (non-hydrogen) atoms. The first-order chi connectivity index (χ1) is 13.2. The normalized spacial score (nSPS) is 14.4. The van der Waals surface area contributed by atoms with Gasteiger partial charge >= 0.3 is 0 Å². The number of carbonyl (C=O) groups excluding carboxylic acids is 1. The Kier molecular flexibility index (Phi) is 5.01. The first kappa shape index (κ1) is 17.5. The van der Waals surface area contributed by atoms with Gasteiger partial charge in [-0.05, 0) is 31.0 Å². The maximum Gasteiger partial charge on any atom is 0.258 e. The fraction of sp³-hybridized carbons (Fsp3) is 0.273. The Morgan fingerprint density at radius 2 is 1.89 bits per heavy atom. The Balaban J connectivity index is 1.61. The van der Waals surface area contributed by atoms with Crippen molar-refractivity contribution in [3.63, 3.8) is 0 Å². The van der Waals surface area contributed by atoms with Crippen molar-refractivity contribution in [3.05, 3.63) is 60.4 Å². The minimum absolute atomic E-state index is 0.0969. The van der Waals surface area contributed by atoms with Gasteiger partial charge in [-0.25, -0.2) is 9.37 Å². The topological polar surface area (TPSA) is 51.2 Å². The highest BCUT2D eigenvalue weighted by atomic mass is 19.1. The Labute approximate surface area is 157 Å². The van der Waals surface area contributed by atoms with Crippen molar-refractivity contribution in [1.29, 1.82) is 0 Å². The van der Waals surface area contributed by atoms with Crippen LogP contribution in [0.15, 0.2) is 54.6 Å². The van der Waals surface area contributed by atoms with Crippen LogP contribution in [-0.2, 0) is 4.79 Å². The summed E-state index contributed by atoms with van der Waals surface area (Å²) >= 11 is 0. The lowest BCUT2D eigenvalue weighted by Crippen LogP contribution is -2.36. The molecular weight excluding hydrogens is 343 g/mol. The van der Waals surface area contributed by atoms with E-state index in [0.717, 1.165) is 36.9 Å². The van der Waals surface area contributed by atoms with Crippen LogP contribution in [0, 0.1) is 5.82 Å². The van der Waals surface area contributed by atoms with Crippen molar-refractivity contribution in [2.75, 3.05) is 6.61 Å². The standard InChI is InChI=1S/C22H21FN2O2/c23-16-10-11-19-18(12-16)21(13-20(25-19)15-6-2-1-3-7-15)27-14-22(26)24-17-8-4-5-9-17/h1-3,6-7,10-13,17H,4-5,8-9,14H2,(H,24,26). The van der Waals surface area contributed by atoms with Crippen molar-refractivity contribution in [2.24, 2.45) is 0 Å². The van der Waals surface area contributed by atoms with Gasteiger partial charge in [0.15, 0.2) is 6.61 Å². The lowest BCUT2D eigenvalue weighted by atomic mass is 10.1. The maximum absolute atomic E-state index is 13.7. The van der Waals surface area contributed by atoms with E-state index >= 15 is 0 Å². The summed E-state index contributed by atoms with van der Waals surface area (Å²) in [5.41, 5.74) is 2.29. The quantitative estimate of drug-likeness (QED) is 0.726. The molecule has 3 aromatic rings. The van der Waals surface area contributed by atoms with E-state index in [4.69, 9.17) is 4.74 Å². The molecule has 1 fully saturated rings. The van der Waals surface area contributed by atoms with E-state index in [-0.39, 0.29) is 24.4 Å². The first-order valence-electron chi connectivity index (χ1n) is 9.27. The molecule has 5 heteroatoms. The van der Waals surface area contributed by atoms with E-state index in [1.807, 2.05) is 30.3 Å². The highest BCUT2D eigenvalue weighted by molar-refractivity contribution is 5.88. The number of carbonyl (C=O) groups is 1. The second-order valence-corrected chi connectivity index (χ2v) is 6.87. The van der Waals surface area contributed by atoms with E-state index in [1.54, 1.807) is 12.1 Å². The molecule has 0 aliphatic heterocycles. The van der Waals surface area contributed by atoms with Crippen LogP contribution >= 0.6 is 0 Å². The lowest BCUT2D eigenvalue weighted by Gasteiger charge is -2.14. The van der Waals surface area contributed by atoms with Crippen LogP contribution in [0.3, 0.4) is 0 Å². The van der Waals surface area contributed by atoms with Crippen LogP contribution in [0.4, 0.5) is 4.39 Å². The monoisotopic (exact) mass is 364 g/mol. The van der Waals surface area contributed by atoms with Gasteiger partial charge in [0, 0.05) is 23.1 Å². The number of pyridine rings is 1. The predicted octanol–water partition coefficient (Wildman–Crippen LogP) is 4.48. The molecule has 1 heterocycles. The summed E-state index contributed by atoms with van der Waals surface area (Å²) in [5.74, 6) is -0.0542. The lowest BCUT2D eigenvalue weighted by molar-refractivity contribution is -0.123. The molecule has 1 aromatic heterocycles. The molecule has 1 aliphatic carbocycles. The Morgan fingerprint density at radius 3 is 2.67 bits per heavy atom. The van der Waals surface area contributed by atoms with Crippen LogP contribution in [0.5, 0.6) is 5.75 Å². The number of amides is 1. The summed E-state index contributed by atoms with van der Waals surface area (Å²) in [4.78, 5) is 16.8. The zero-order valence-corrected chi connectivity index (χ0v) is 15.0. The molecule has 0 spiro atoms. The van der Waals surface area contributed by atoms with Crippen LogP contribution in [0.25, 0.3) is 22.2 Å². The number of nitrogens with zero attached hydrogens (tertiary/aromatic N) is 1. The highest BCUT2D eigenvalue weighted by Gasteiger charge is 2.18. The van der Waals surface area contributed by atoms with E-state index in [1.165, 1.54) is 12.1 Å². The third-order valence-electron chi connectivity index (χ3n) is 4.88. The average molecular weight is 364 g/mol. The summed E-state index contributed by atoms with van der Waals surface area (Å²) in [7, 11) is 0. The molecular formula is C22H21FN2O2. The van der Waals surface area contributed by atoms with Crippen molar-refractivity contribution in [1.82, 2.24) is 10.3 Å². The molecule has 1 aliphatic rings. The van der Waals surface area contributed by atoms with Gasteiger partial charge in [-0.1, -0.05) is 43.2 Å². The van der Waals surface area contributed by atoms with Crippen molar-refractivity contribution >= 4 is 16.8 Å². The fourth-order valence-electron chi connectivity index (χ4n) is 3.53. The van der Waals surface area contributed by atoms with Gasteiger partial charge < -0.3 is 10.1 Å². The van der Waals surface area contributed by atoms with Crippen LogP contribution in [0.2, 0.25) is 0 Å². The molecule has 0 radical (unpaired) electrons. The summed E-state index contributed by atoms with van der Waals surface area (Å²) in [5, 5.41) is 3.56. The van der Waals surface area contributed by atoms with Crippen LogP contribution in [0.1, 0.15) is 25.7 Å². The van der Waals surface area contributed by atoms with E-state index < -0.39 is 0 Å². The second-order valence-electron chi connectivity index (χ2n) is 6.87. The molecule has 1 N–H and O–H groups in total. The summed E-state index contributed by atoms with van der Waals surface area (Å²) < 4.78 is 19.5. The number of rotatable bonds is 5. The van der Waals surface area contributed by atoms with Crippen LogP contribution in [-0.4, -0.2) is 23.5 Å². The fourth-order valence-corrected chi connectivity index (χ4v) is 3.53. The molecule has 4 nitrogen and oxygen atoms in total. The van der Waals surface area contributed by atoms with Gasteiger partial charge in [0.05, 0.1) is 11.2 Å². The molecule has 0 saturated heterocycles. The zero-order valence-electron chi connectivity index (χ0n) is 15.0. The van der Waals surface area contributed by atoms with Gasteiger partial charge in [0.1, 0.15) is 11.6 Å². The first-order valence-corrected chi connectivity index (χ1v) is 9.27. The SMILES string of the molecule is O=C(COc1cc(-c2ccccc2)nc2ccc(F)cc12)NC1CCCC1. The summed E-state index contributed by atoms with van der Waals surface area (Å²) in [6, 6.07) is 16.1. The number of benzene rings is 2. The van der Waals surface area contributed by atoms with Gasteiger partial charge in [-0.15, -0.1) is 0 Å². The van der Waals surface area contributed by atoms with Crippen molar-refractivity contribution in [3.8, 4) is 17.0 Å². The van der Waals surface area contributed by atoms with Gasteiger partial charge in [-0.3, -0.25) is 4.79 Å². The number of ether oxygens (including phenoxy) is 1. The largest absolute Gasteiger partial charge is 0.483 e. The number of aromatic nitrogens is 1. The van der Waals surface area contributed by atoms with Gasteiger partial charge in [0.25, 0.3) is 5.91 Å². The third-order valence-corrected chi connectivity index (χ3v) is 4.88. The van der Waals surface area contributed by atoms with E-state index in [2.05, 4.69) is 10.3 Å². The Bertz CT molecular complexity index is 953. The van der Waals surface area contributed by atoms with Crippen LogP contribution < -0.4 is 10.1 Å². The number of nitrogens with one attached hydrogen (secondary N) is 1. The molecule has 0 atom stereocenters. The molecule has 1 saturated carbocycles. The molecule has 0 unspecified atom stereocenters. The Hall–Kier alpha value is -2.95. The molecule has 2 aromatic carbocycles. The van der Waals surface area contributed by atoms with Crippen molar-refractivity contribution < 1.29 is 13.9 Å². The smallest absolute Gasteiger partial charge is 0.258 e. The summed E-state index contributed by atoms with van der Waals surface area (Å²) in [6.45, 7) is -0.0969. The average Bonchev–Trinajstić information content (AvgIpc) is 3.19. The van der Waals surface area contributed by atoms with E-state index in [0.29, 0.717) is 16.7 Å². The minimum atomic E-state index is -0.364. The predicted molar refractivity (Wildman–Crippen MR) is 103 cm³/mol. The van der Waals surface area contributed by atoms with Gasteiger partial charge in [-0.2, -0.15) is 0 Å². The summed E-state index contributed by atoms with van der Waals surface area (Å²) in [6.07, 6.45) is 4.35. The molecule has 0 bridgehead atoms. The van der Waals surface area contributed by atoms with Crippen molar-refractivity contribution in [2.45, 2.75) is 31.7 Å². The number of hydrogen-bond acceptors (Lipinski definition) is 3. The van der Waals surface area contributed by atoms with Gasteiger partial charge in [0.2, 0.25) is 0 Å². The molecule has 4 rings (SSSR count).